The van der Waals surface area contributed by atoms with Gasteiger partial charge >= 0.3 is 14.6 Å². The van der Waals surface area contributed by atoms with Crippen LogP contribution in [0, 0.1) is 23.7 Å². The monoisotopic (exact) mass is 1740 g/mol. The third-order valence-corrected chi connectivity index (χ3v) is 26.3. The molecular weight excluding hydrogens is 1590 g/mol. The molecule has 6 fully saturated rings. The van der Waals surface area contributed by atoms with Crippen molar-refractivity contribution in [1.29, 1.82) is 0 Å². The number of ether oxygens (including phenoxy) is 7. The van der Waals surface area contributed by atoms with E-state index in [0.717, 1.165) is 44.4 Å². The molecule has 10 N–H and O–H groups in total. The van der Waals surface area contributed by atoms with Gasteiger partial charge in [0, 0.05) is 122 Å². The van der Waals surface area contributed by atoms with Gasteiger partial charge in [-0.05, 0) is 120 Å². The number of aliphatic hydroxyl groups is 10. The molecule has 6 saturated heterocycles. The van der Waals surface area contributed by atoms with Gasteiger partial charge in [0.1, 0.15) is 54.0 Å². The van der Waals surface area contributed by atoms with Crippen molar-refractivity contribution < 1.29 is 140 Å². The first-order valence-electron chi connectivity index (χ1n) is 43.0. The Morgan fingerprint density at radius 2 is 0.647 bits per heavy atom. The number of rotatable bonds is 57. The Kier molecular flexibility index (Phi) is 50.4. The number of ketones is 3. The topological polar surface area (TPSA) is 450 Å². The highest BCUT2D eigenvalue weighted by atomic mass is 32.1. The highest BCUT2D eigenvalue weighted by molar-refractivity contribution is 8.12. The van der Waals surface area contributed by atoms with Crippen molar-refractivity contribution >= 4 is 67.5 Å². The van der Waals surface area contributed by atoms with Crippen molar-refractivity contribution in [3.8, 4) is 0 Å². The SMILES string of the molecule is CC(C)C.COC[C@@H]1C[C@@H](OP(=O)(P)OC[C@@H]2C[C@@H](OP(=O)(P)OC[C@@H]3C[C@@H](O)CN3C(=O)CCCCCCC(=O)CCCCCO[C@@H]3OC(CO)[C@H](O)[C@H](O)C3C)CN2C(=O)CCCCCCC(=O)CCCCCO[C@@H]2OC(CO)[C@H](O)[C@H](O)C2C)CN1C(=O)CCCCCCC(=O)CCCCCO[C@@H]1OC(CO)[C@H](O)[C@H](O)C1C. The number of hydrogen-bond donors (Lipinski definition) is 10. The van der Waals surface area contributed by atoms with Gasteiger partial charge in [0.05, 0.1) is 94.4 Å². The number of nitrogens with zero attached hydrogens (tertiary/aromatic N) is 3. The fraction of sp³-hybridized carbons (Fsp3) is 0.925. The third-order valence-electron chi connectivity index (χ3n) is 22.4. The second-order valence-corrected chi connectivity index (χ2v) is 40.3. The summed E-state index contributed by atoms with van der Waals surface area (Å²) in [4.78, 5) is 84.4. The van der Waals surface area contributed by atoms with Gasteiger partial charge in [0.2, 0.25) is 17.7 Å². The first kappa shape index (κ1) is 104. The zero-order valence-electron chi connectivity index (χ0n) is 70.1. The quantitative estimate of drug-likeness (QED) is 0.0204. The number of Topliss-reactive ketones (excluding diaryl/α,β-unsaturated/α-hetero) is 3. The lowest BCUT2D eigenvalue weighted by atomic mass is 9.92. The number of carbonyl (C=O) groups is 6. The van der Waals surface area contributed by atoms with Gasteiger partial charge in [0.25, 0.3) is 0 Å². The van der Waals surface area contributed by atoms with E-state index in [1.54, 1.807) is 35.5 Å². The molecule has 676 valence electrons. The second-order valence-electron chi connectivity index (χ2n) is 33.4. The Labute approximate surface area is 692 Å². The average molecular weight is 1740 g/mol. The lowest BCUT2D eigenvalue weighted by Crippen LogP contribution is -2.55. The number of amides is 3. The van der Waals surface area contributed by atoms with Crippen molar-refractivity contribution in [3.05, 3.63) is 0 Å². The molecule has 0 aromatic heterocycles. The highest BCUT2D eigenvalue weighted by Gasteiger charge is 2.47. The summed E-state index contributed by atoms with van der Waals surface area (Å²) in [6, 6.07) is -1.66. The molecule has 6 aliphatic heterocycles. The maximum Gasteiger partial charge on any atom is 0.343 e. The molecule has 0 spiro atoms. The van der Waals surface area contributed by atoms with E-state index in [1.807, 2.05) is 0 Å². The van der Waals surface area contributed by atoms with E-state index >= 15 is 0 Å². The van der Waals surface area contributed by atoms with Crippen LogP contribution in [-0.2, 0) is 89.2 Å². The second kappa shape index (κ2) is 56.0. The smallest absolute Gasteiger partial charge is 0.343 e. The molecule has 0 aromatic rings. The van der Waals surface area contributed by atoms with Crippen LogP contribution in [-0.4, -0.2) is 297 Å². The summed E-state index contributed by atoms with van der Waals surface area (Å²) in [5, 5.41) is 100. The van der Waals surface area contributed by atoms with Crippen molar-refractivity contribution in [3.63, 3.8) is 0 Å². The summed E-state index contributed by atoms with van der Waals surface area (Å²) in [5.41, 5.74) is 0. The molecule has 32 nitrogen and oxygen atoms in total. The molecule has 0 aliphatic carbocycles. The number of hydrogen-bond acceptors (Lipinski definition) is 29. The van der Waals surface area contributed by atoms with Crippen LogP contribution >= 0.6 is 32.4 Å². The summed E-state index contributed by atoms with van der Waals surface area (Å²) in [6.07, 6.45) is 3.84. The number of likely N-dealkylation sites (tertiary alicyclic amines) is 3. The Morgan fingerprint density at radius 3 is 0.931 bits per heavy atom. The number of unbranched alkanes of at least 4 members (excludes halogenated alkanes) is 15. The first-order valence-corrected chi connectivity index (χ1v) is 49.3. The predicted octanol–water partition coefficient (Wildman–Crippen LogP) is 7.91. The van der Waals surface area contributed by atoms with Crippen molar-refractivity contribution in [2.75, 3.05) is 86.2 Å². The van der Waals surface area contributed by atoms with Gasteiger partial charge < -0.3 is 117 Å². The average Bonchev–Trinajstić information content (AvgIpc) is 1.25. The minimum atomic E-state index is -3.98. The van der Waals surface area contributed by atoms with Gasteiger partial charge in [-0.25, -0.2) is 0 Å². The van der Waals surface area contributed by atoms with Gasteiger partial charge in [-0.15, -0.1) is 0 Å². The van der Waals surface area contributed by atoms with Crippen molar-refractivity contribution in [2.45, 2.75) is 364 Å². The van der Waals surface area contributed by atoms with E-state index in [0.29, 0.717) is 161 Å². The van der Waals surface area contributed by atoms with Crippen LogP contribution in [0.3, 0.4) is 0 Å². The minimum Gasteiger partial charge on any atom is -0.394 e. The molecular formula is C80H147N3O29P4. The molecule has 0 saturated carbocycles. The zero-order valence-corrected chi connectivity index (χ0v) is 74.2. The summed E-state index contributed by atoms with van der Waals surface area (Å²) >= 11 is 0. The molecule has 6 aliphatic rings. The van der Waals surface area contributed by atoms with E-state index in [2.05, 4.69) is 38.6 Å². The van der Waals surface area contributed by atoms with E-state index in [9.17, 15) is 89.0 Å². The fourth-order valence-corrected chi connectivity index (χ4v) is 19.1. The standard InChI is InChI=1S/C76H137N3O29P4.C4H10/c1-50-68(90)71(93)62(44-80)104-74(50)99-35-23-11-17-29-56(83)26-14-5-8-20-32-65(87)77-41-59(86)38-53(77)48-102-111(96,109)108-61-40-55(79(43-61)67(89)34-22-10-7-16-28-58(85)31-19-13-25-37-101-76-52(3)70(92)73(95)64(46-82)106-76)49-103-112(97,110)107-60-39-54(47-98-4)78(42-60)66(88)33-21-9-6-15-27-57(84)30-18-12-24-36-100-75-51(2)69(91)72(94)63(45-81)105-75;1-4(2)3/h50-55,59-64,68-76,80-82,86,90-95H,5-49,109-110H2,1-4H3;4H,1-3H3/t50?,51?,52?,53-,54-,55-,59+,60+,61+,62?,63?,64?,68+,69+,70+,71-,72-,73-,74+,75+,76+,111?,112?;/m0./s1. The van der Waals surface area contributed by atoms with Crippen LogP contribution < -0.4 is 0 Å². The molecule has 0 aromatic carbocycles. The van der Waals surface area contributed by atoms with Crippen LogP contribution in [0.4, 0.5) is 0 Å². The van der Waals surface area contributed by atoms with Crippen molar-refractivity contribution in [1.82, 2.24) is 14.7 Å². The minimum absolute atomic E-state index is 0.00712. The molecule has 36 heteroatoms. The molecule has 10 unspecified atom stereocenters. The number of carbonyl (C=O) groups excluding carboxylic acids is 6. The van der Waals surface area contributed by atoms with Gasteiger partial charge in [-0.2, -0.15) is 0 Å². The summed E-state index contributed by atoms with van der Waals surface area (Å²) < 4.78 is 92.3. The van der Waals surface area contributed by atoms with Crippen LogP contribution in [0.15, 0.2) is 0 Å². The third kappa shape index (κ3) is 37.8. The molecule has 6 heterocycles. The first-order chi connectivity index (χ1) is 55.2. The summed E-state index contributed by atoms with van der Waals surface area (Å²) in [6.45, 7) is 11.3. The molecule has 25 atom stereocenters. The van der Waals surface area contributed by atoms with E-state index < -0.39 is 156 Å². The molecule has 3 amide bonds. The van der Waals surface area contributed by atoms with E-state index in [-0.39, 0.29) is 113 Å². The molecule has 116 heavy (non-hydrogen) atoms. The summed E-state index contributed by atoms with van der Waals surface area (Å²) in [5.74, 6) is -0.709. The normalized spacial score (nSPS) is 30.7. The van der Waals surface area contributed by atoms with Crippen LogP contribution in [0.25, 0.3) is 0 Å². The molecule has 0 bridgehead atoms. The molecule has 6 rings (SSSR count). The fourth-order valence-electron chi connectivity index (χ4n) is 15.5. The van der Waals surface area contributed by atoms with Crippen LogP contribution in [0.1, 0.15) is 253 Å². The maximum atomic E-state index is 14.2. The van der Waals surface area contributed by atoms with Crippen molar-refractivity contribution in [2.24, 2.45) is 23.7 Å². The molecule has 0 radical (unpaired) electrons. The number of β-amino-alcohol motifs (C(OH)–C–C–N with tert-alkyl or cyclic N) is 1. The van der Waals surface area contributed by atoms with Crippen LogP contribution in [0.2, 0.25) is 0 Å². The van der Waals surface area contributed by atoms with Crippen LogP contribution in [0.5, 0.6) is 0 Å². The number of aliphatic hydroxyl groups excluding tert-OH is 10. The Bertz CT molecular complexity index is 2910. The maximum absolute atomic E-state index is 14.2. The van der Waals surface area contributed by atoms with Gasteiger partial charge in [-0.1, -0.05) is 99.3 Å². The Morgan fingerprint density at radius 1 is 0.388 bits per heavy atom. The Balaban J connectivity index is 0.00000586. The van der Waals surface area contributed by atoms with Gasteiger partial charge in [-0.3, -0.25) is 37.9 Å². The lowest BCUT2D eigenvalue weighted by molar-refractivity contribution is -0.282. The predicted molar refractivity (Wildman–Crippen MR) is 437 cm³/mol. The van der Waals surface area contributed by atoms with E-state index in [1.165, 1.54) is 7.11 Å². The highest BCUT2D eigenvalue weighted by Crippen LogP contribution is 2.60. The summed E-state index contributed by atoms with van der Waals surface area (Å²) in [7, 11) is -2.09. The Hall–Kier alpha value is -2.10. The lowest BCUT2D eigenvalue weighted by Gasteiger charge is -2.40. The van der Waals surface area contributed by atoms with E-state index in [4.69, 9.17) is 51.3 Å². The largest absolute Gasteiger partial charge is 0.394 e. The zero-order chi connectivity index (χ0) is 85.5. The van der Waals surface area contributed by atoms with Gasteiger partial charge in [0.15, 0.2) is 18.9 Å². The number of methoxy groups -OCH3 is 1.